The average molecular weight is 297 g/mol. The van der Waals surface area contributed by atoms with E-state index in [0.717, 1.165) is 11.3 Å². The number of carbonyl (C=O) groups is 1. The minimum absolute atomic E-state index is 0.111. The lowest BCUT2D eigenvalue weighted by molar-refractivity contribution is -0.116. The Hall–Kier alpha value is -3.02. The number of benzene rings is 1. The maximum Gasteiger partial charge on any atom is 0.285 e. The summed E-state index contributed by atoms with van der Waals surface area (Å²) in [5.41, 5.74) is 7.19. The third-order valence-electron chi connectivity index (χ3n) is 3.27. The second-order valence-corrected chi connectivity index (χ2v) is 4.76. The molecule has 1 amide bonds. The zero-order chi connectivity index (χ0) is 15.5. The van der Waals surface area contributed by atoms with E-state index < -0.39 is 5.91 Å². The molecule has 6 nitrogen and oxygen atoms in total. The van der Waals surface area contributed by atoms with Gasteiger partial charge in [-0.3, -0.25) is 4.79 Å². The van der Waals surface area contributed by atoms with Crippen molar-refractivity contribution in [1.29, 1.82) is 0 Å². The number of nitrogens with zero attached hydrogens (tertiary/aromatic N) is 2. The van der Waals surface area contributed by atoms with Crippen LogP contribution in [-0.2, 0) is 11.3 Å². The second kappa shape index (κ2) is 5.77. The summed E-state index contributed by atoms with van der Waals surface area (Å²) in [6, 6.07) is 11.2. The number of methoxy groups -OCH3 is 1. The number of rotatable bonds is 4. The highest BCUT2D eigenvalue weighted by Crippen LogP contribution is 2.34. The Labute approximate surface area is 127 Å². The van der Waals surface area contributed by atoms with Crippen LogP contribution in [0.5, 0.6) is 11.6 Å². The van der Waals surface area contributed by atoms with Crippen LogP contribution in [0.25, 0.3) is 0 Å². The summed E-state index contributed by atoms with van der Waals surface area (Å²) in [6.07, 6.45) is 3.29. The lowest BCUT2D eigenvalue weighted by Gasteiger charge is -2.28. The summed E-state index contributed by atoms with van der Waals surface area (Å²) in [5.74, 6) is 0.643. The van der Waals surface area contributed by atoms with E-state index in [1.54, 1.807) is 25.6 Å². The Morgan fingerprint density at radius 1 is 1.36 bits per heavy atom. The van der Waals surface area contributed by atoms with Gasteiger partial charge in [-0.15, -0.1) is 0 Å². The van der Waals surface area contributed by atoms with E-state index in [9.17, 15) is 4.79 Å². The van der Waals surface area contributed by atoms with E-state index in [0.29, 0.717) is 18.2 Å². The van der Waals surface area contributed by atoms with E-state index in [2.05, 4.69) is 4.98 Å². The molecule has 1 aromatic heterocycles. The molecular weight excluding hydrogens is 282 g/mol. The Morgan fingerprint density at radius 3 is 2.95 bits per heavy atom. The highest BCUT2D eigenvalue weighted by molar-refractivity contribution is 5.92. The van der Waals surface area contributed by atoms with Gasteiger partial charge in [0.25, 0.3) is 5.91 Å². The predicted octanol–water partition coefficient (Wildman–Crippen LogP) is 1.82. The Bertz CT molecular complexity index is 743. The zero-order valence-corrected chi connectivity index (χ0v) is 12.0. The van der Waals surface area contributed by atoms with Crippen LogP contribution < -0.4 is 20.1 Å². The molecule has 0 radical (unpaired) electrons. The predicted molar refractivity (Wildman–Crippen MR) is 81.3 cm³/mol. The number of anilines is 1. The van der Waals surface area contributed by atoms with Gasteiger partial charge in [-0.2, -0.15) is 0 Å². The van der Waals surface area contributed by atoms with Crippen molar-refractivity contribution in [3.8, 4) is 11.6 Å². The van der Waals surface area contributed by atoms with Gasteiger partial charge < -0.3 is 20.1 Å². The van der Waals surface area contributed by atoms with Crippen LogP contribution in [0, 0.1) is 0 Å². The topological polar surface area (TPSA) is 77.7 Å². The molecule has 0 saturated heterocycles. The lowest BCUT2D eigenvalue weighted by atomic mass is 10.2. The molecule has 1 aromatic carbocycles. The van der Waals surface area contributed by atoms with E-state index in [1.165, 1.54) is 0 Å². The quantitative estimate of drug-likeness (QED) is 0.931. The van der Waals surface area contributed by atoms with E-state index in [4.69, 9.17) is 15.2 Å². The van der Waals surface area contributed by atoms with Gasteiger partial charge in [0.05, 0.1) is 19.0 Å². The average Bonchev–Trinajstić information content (AvgIpc) is 2.55. The van der Waals surface area contributed by atoms with Crippen molar-refractivity contribution in [2.75, 3.05) is 12.0 Å². The third kappa shape index (κ3) is 2.71. The van der Waals surface area contributed by atoms with Crippen LogP contribution in [0.2, 0.25) is 0 Å². The summed E-state index contributed by atoms with van der Waals surface area (Å²) in [7, 11) is 1.57. The molecule has 1 aliphatic heterocycles. The first-order chi connectivity index (χ1) is 10.7. The summed E-state index contributed by atoms with van der Waals surface area (Å²) in [4.78, 5) is 17.4. The highest BCUT2D eigenvalue weighted by atomic mass is 16.5. The number of pyridine rings is 1. The van der Waals surface area contributed by atoms with Crippen LogP contribution in [-0.4, -0.2) is 18.0 Å². The van der Waals surface area contributed by atoms with Crippen LogP contribution in [0.1, 0.15) is 5.56 Å². The molecule has 0 spiro atoms. The zero-order valence-electron chi connectivity index (χ0n) is 12.0. The Kier molecular flexibility index (Phi) is 3.65. The molecule has 112 valence electrons. The van der Waals surface area contributed by atoms with Crippen molar-refractivity contribution < 1.29 is 14.3 Å². The molecule has 1 aliphatic rings. The fourth-order valence-electron chi connectivity index (χ4n) is 2.24. The van der Waals surface area contributed by atoms with Gasteiger partial charge in [0.1, 0.15) is 0 Å². The number of amides is 1. The molecule has 2 heterocycles. The SMILES string of the molecule is COc1cc(CN2C=C(C(N)=O)Oc3ccccc32)ccn1. The largest absolute Gasteiger partial charge is 0.481 e. The van der Waals surface area contributed by atoms with Gasteiger partial charge in [0.2, 0.25) is 11.6 Å². The highest BCUT2D eigenvalue weighted by Gasteiger charge is 2.21. The summed E-state index contributed by atoms with van der Waals surface area (Å²) in [5, 5.41) is 0. The standard InChI is InChI=1S/C16H15N3O3/c1-21-15-8-11(6-7-18-15)9-19-10-14(16(17)20)22-13-5-3-2-4-12(13)19/h2-8,10H,9H2,1H3,(H2,17,20). The van der Waals surface area contributed by atoms with Crippen LogP contribution in [0.4, 0.5) is 5.69 Å². The maximum atomic E-state index is 11.4. The number of ether oxygens (including phenoxy) is 2. The van der Waals surface area contributed by atoms with Crippen molar-refractivity contribution in [2.24, 2.45) is 5.73 Å². The van der Waals surface area contributed by atoms with E-state index >= 15 is 0 Å². The van der Waals surface area contributed by atoms with Gasteiger partial charge >= 0.3 is 0 Å². The van der Waals surface area contributed by atoms with Crippen LogP contribution in [0.15, 0.2) is 54.6 Å². The summed E-state index contributed by atoms with van der Waals surface area (Å²) < 4.78 is 10.6. The summed E-state index contributed by atoms with van der Waals surface area (Å²) >= 11 is 0. The smallest absolute Gasteiger partial charge is 0.285 e. The summed E-state index contributed by atoms with van der Waals surface area (Å²) in [6.45, 7) is 0.538. The van der Waals surface area contributed by atoms with Crippen LogP contribution >= 0.6 is 0 Å². The molecule has 3 rings (SSSR count). The van der Waals surface area contributed by atoms with Crippen molar-refractivity contribution in [1.82, 2.24) is 4.98 Å². The van der Waals surface area contributed by atoms with Gasteiger partial charge in [-0.05, 0) is 23.8 Å². The van der Waals surface area contributed by atoms with Crippen molar-refractivity contribution in [3.05, 3.63) is 60.1 Å². The molecule has 0 bridgehead atoms. The number of para-hydroxylation sites is 2. The third-order valence-corrected chi connectivity index (χ3v) is 3.27. The number of primary amides is 1. The Morgan fingerprint density at radius 2 is 2.18 bits per heavy atom. The molecule has 6 heteroatoms. The van der Waals surface area contributed by atoms with Gasteiger partial charge in [0.15, 0.2) is 5.75 Å². The number of nitrogens with two attached hydrogens (primary N) is 1. The van der Waals surface area contributed by atoms with Crippen molar-refractivity contribution >= 4 is 11.6 Å². The maximum absolute atomic E-state index is 11.4. The molecule has 0 saturated carbocycles. The first-order valence-electron chi connectivity index (χ1n) is 6.71. The van der Waals surface area contributed by atoms with Gasteiger partial charge in [-0.25, -0.2) is 4.98 Å². The fourth-order valence-corrected chi connectivity index (χ4v) is 2.24. The fraction of sp³-hybridized carbons (Fsp3) is 0.125. The molecule has 0 atom stereocenters. The Balaban J connectivity index is 1.95. The molecule has 2 aromatic rings. The number of carbonyl (C=O) groups excluding carboxylic acids is 1. The normalized spacial score (nSPS) is 13.0. The molecule has 0 fully saturated rings. The van der Waals surface area contributed by atoms with Crippen molar-refractivity contribution in [2.45, 2.75) is 6.54 Å². The van der Waals surface area contributed by atoms with Gasteiger partial charge in [0, 0.05) is 18.8 Å². The lowest BCUT2D eigenvalue weighted by Crippen LogP contribution is -2.28. The molecule has 22 heavy (non-hydrogen) atoms. The first kappa shape index (κ1) is 13.9. The number of fused-ring (bicyclic) bond motifs is 1. The number of aromatic nitrogens is 1. The minimum atomic E-state index is -0.605. The number of hydrogen-bond acceptors (Lipinski definition) is 5. The van der Waals surface area contributed by atoms with Gasteiger partial charge in [-0.1, -0.05) is 12.1 Å². The van der Waals surface area contributed by atoms with E-state index in [-0.39, 0.29) is 5.76 Å². The second-order valence-electron chi connectivity index (χ2n) is 4.76. The first-order valence-corrected chi connectivity index (χ1v) is 6.71. The molecule has 2 N–H and O–H groups in total. The van der Waals surface area contributed by atoms with Crippen molar-refractivity contribution in [3.63, 3.8) is 0 Å². The monoisotopic (exact) mass is 297 g/mol. The number of hydrogen-bond donors (Lipinski definition) is 1. The minimum Gasteiger partial charge on any atom is -0.481 e. The van der Waals surface area contributed by atoms with E-state index in [1.807, 2.05) is 35.2 Å². The molecule has 0 unspecified atom stereocenters. The molecule has 0 aliphatic carbocycles. The molecular formula is C16H15N3O3. The van der Waals surface area contributed by atoms with Crippen LogP contribution in [0.3, 0.4) is 0 Å².